The number of hydrogen-bond donors (Lipinski definition) is 1. The van der Waals surface area contributed by atoms with Crippen LogP contribution in [0.1, 0.15) is 18.9 Å². The molecule has 112 valence electrons. The van der Waals surface area contributed by atoms with E-state index in [1.165, 1.54) is 16.9 Å². The zero-order valence-electron chi connectivity index (χ0n) is 11.4. The summed E-state index contributed by atoms with van der Waals surface area (Å²) >= 11 is 9.32. The average Bonchev–Trinajstić information content (AvgIpc) is 2.46. The Balaban J connectivity index is 2.19. The van der Waals surface area contributed by atoms with Crippen molar-refractivity contribution in [2.24, 2.45) is 0 Å². The standard InChI is InChI=1S/C14H14BrClFN3O/c1-2-5-20-14(21)13(16)12(8-19-20)18-7-9-6-10(15)3-4-11(9)17/h3-4,6,8,18H,2,5,7H2,1H3. The Morgan fingerprint density at radius 1 is 1.48 bits per heavy atom. The maximum Gasteiger partial charge on any atom is 0.287 e. The molecular formula is C14H14BrClFN3O. The number of hydrogen-bond acceptors (Lipinski definition) is 3. The summed E-state index contributed by atoms with van der Waals surface area (Å²) in [6, 6.07) is 4.67. The Hall–Kier alpha value is -1.40. The zero-order chi connectivity index (χ0) is 15.4. The maximum atomic E-state index is 13.6. The van der Waals surface area contributed by atoms with Crippen molar-refractivity contribution in [2.45, 2.75) is 26.4 Å². The normalized spacial score (nSPS) is 10.7. The van der Waals surface area contributed by atoms with E-state index in [2.05, 4.69) is 26.3 Å². The summed E-state index contributed by atoms with van der Waals surface area (Å²) in [5.41, 5.74) is 0.518. The van der Waals surface area contributed by atoms with Gasteiger partial charge in [-0.05, 0) is 24.6 Å². The van der Waals surface area contributed by atoms with Gasteiger partial charge in [-0.1, -0.05) is 34.5 Å². The van der Waals surface area contributed by atoms with E-state index in [-0.39, 0.29) is 22.9 Å². The summed E-state index contributed by atoms with van der Waals surface area (Å²) in [6.07, 6.45) is 2.27. The maximum absolute atomic E-state index is 13.6. The average molecular weight is 375 g/mol. The molecule has 2 rings (SSSR count). The number of benzene rings is 1. The molecule has 0 aliphatic rings. The number of rotatable bonds is 5. The molecule has 0 saturated carbocycles. The van der Waals surface area contributed by atoms with Crippen LogP contribution < -0.4 is 10.9 Å². The molecule has 0 aliphatic heterocycles. The Labute approximate surface area is 135 Å². The molecular weight excluding hydrogens is 361 g/mol. The van der Waals surface area contributed by atoms with Crippen molar-refractivity contribution >= 4 is 33.2 Å². The van der Waals surface area contributed by atoms with Crippen molar-refractivity contribution in [1.82, 2.24) is 9.78 Å². The number of halogens is 3. The van der Waals surface area contributed by atoms with Crippen LogP contribution in [0.3, 0.4) is 0 Å². The summed E-state index contributed by atoms with van der Waals surface area (Å²) in [6.45, 7) is 2.67. The highest BCUT2D eigenvalue weighted by molar-refractivity contribution is 9.10. The van der Waals surface area contributed by atoms with E-state index in [9.17, 15) is 9.18 Å². The van der Waals surface area contributed by atoms with E-state index in [0.29, 0.717) is 17.8 Å². The van der Waals surface area contributed by atoms with Crippen molar-refractivity contribution in [2.75, 3.05) is 5.32 Å². The van der Waals surface area contributed by atoms with Crippen LogP contribution in [0.4, 0.5) is 10.1 Å². The first-order valence-corrected chi connectivity index (χ1v) is 7.63. The summed E-state index contributed by atoms with van der Waals surface area (Å²) in [5, 5.41) is 7.04. The quantitative estimate of drug-likeness (QED) is 0.865. The molecule has 1 aromatic carbocycles. The SMILES string of the molecule is CCCn1ncc(NCc2cc(Br)ccc2F)c(Cl)c1=O. The predicted octanol–water partition coefficient (Wildman–Crippen LogP) is 3.82. The van der Waals surface area contributed by atoms with Gasteiger partial charge in [0.1, 0.15) is 10.8 Å². The summed E-state index contributed by atoms with van der Waals surface area (Å²) < 4.78 is 15.7. The molecule has 4 nitrogen and oxygen atoms in total. The molecule has 0 spiro atoms. The molecule has 0 aliphatic carbocycles. The smallest absolute Gasteiger partial charge is 0.287 e. The van der Waals surface area contributed by atoms with Crippen molar-refractivity contribution in [1.29, 1.82) is 0 Å². The molecule has 0 amide bonds. The van der Waals surface area contributed by atoms with Crippen LogP contribution in [-0.4, -0.2) is 9.78 Å². The summed E-state index contributed by atoms with van der Waals surface area (Å²) in [7, 11) is 0. The fourth-order valence-electron chi connectivity index (χ4n) is 1.83. The minimum atomic E-state index is -0.349. The van der Waals surface area contributed by atoms with E-state index in [1.54, 1.807) is 12.1 Å². The molecule has 0 radical (unpaired) electrons. The van der Waals surface area contributed by atoms with Crippen LogP contribution in [0.5, 0.6) is 0 Å². The Kier molecular flexibility index (Phi) is 5.36. The van der Waals surface area contributed by atoms with Crippen molar-refractivity contribution in [3.8, 4) is 0 Å². The highest BCUT2D eigenvalue weighted by Gasteiger charge is 2.10. The Morgan fingerprint density at radius 2 is 2.24 bits per heavy atom. The van der Waals surface area contributed by atoms with Gasteiger partial charge in [0.25, 0.3) is 5.56 Å². The topological polar surface area (TPSA) is 46.9 Å². The third-order valence-electron chi connectivity index (χ3n) is 2.90. The second-order valence-corrected chi connectivity index (χ2v) is 5.78. The van der Waals surface area contributed by atoms with E-state index in [0.717, 1.165) is 10.9 Å². The van der Waals surface area contributed by atoms with Gasteiger partial charge in [-0.25, -0.2) is 9.07 Å². The van der Waals surface area contributed by atoms with Crippen LogP contribution in [-0.2, 0) is 13.1 Å². The molecule has 7 heteroatoms. The number of nitrogens with one attached hydrogen (secondary N) is 1. The van der Waals surface area contributed by atoms with Crippen molar-refractivity contribution in [3.63, 3.8) is 0 Å². The predicted molar refractivity (Wildman–Crippen MR) is 85.2 cm³/mol. The van der Waals surface area contributed by atoms with Gasteiger partial charge in [0.05, 0.1) is 11.9 Å². The summed E-state index contributed by atoms with van der Waals surface area (Å²) in [5.74, 6) is -0.325. The second-order valence-electron chi connectivity index (χ2n) is 4.49. The highest BCUT2D eigenvalue weighted by atomic mass is 79.9. The van der Waals surface area contributed by atoms with Crippen LogP contribution >= 0.6 is 27.5 Å². The van der Waals surface area contributed by atoms with E-state index >= 15 is 0 Å². The van der Waals surface area contributed by atoms with Gasteiger partial charge < -0.3 is 5.32 Å². The highest BCUT2D eigenvalue weighted by Crippen LogP contribution is 2.19. The molecule has 2 aromatic rings. The molecule has 0 fully saturated rings. The van der Waals surface area contributed by atoms with Gasteiger partial charge in [-0.2, -0.15) is 5.10 Å². The lowest BCUT2D eigenvalue weighted by atomic mass is 10.2. The first-order chi connectivity index (χ1) is 10.0. The minimum Gasteiger partial charge on any atom is -0.378 e. The molecule has 1 N–H and O–H groups in total. The lowest BCUT2D eigenvalue weighted by Gasteiger charge is -2.10. The van der Waals surface area contributed by atoms with Gasteiger partial charge >= 0.3 is 0 Å². The second kappa shape index (κ2) is 7.04. The van der Waals surface area contributed by atoms with Gasteiger partial charge in [-0.3, -0.25) is 4.79 Å². The molecule has 1 heterocycles. The van der Waals surface area contributed by atoms with Crippen molar-refractivity contribution in [3.05, 3.63) is 55.6 Å². The van der Waals surface area contributed by atoms with Crippen LogP contribution in [0.2, 0.25) is 5.02 Å². The van der Waals surface area contributed by atoms with E-state index in [1.807, 2.05) is 6.92 Å². The van der Waals surface area contributed by atoms with Gasteiger partial charge in [-0.15, -0.1) is 0 Å². The van der Waals surface area contributed by atoms with Crippen LogP contribution in [0.25, 0.3) is 0 Å². The fourth-order valence-corrected chi connectivity index (χ4v) is 2.45. The largest absolute Gasteiger partial charge is 0.378 e. The lowest BCUT2D eigenvalue weighted by molar-refractivity contribution is 0.568. The molecule has 21 heavy (non-hydrogen) atoms. The van der Waals surface area contributed by atoms with Gasteiger partial charge in [0.15, 0.2) is 0 Å². The van der Waals surface area contributed by atoms with Crippen LogP contribution in [0.15, 0.2) is 33.7 Å². The lowest BCUT2D eigenvalue weighted by Crippen LogP contribution is -2.24. The van der Waals surface area contributed by atoms with Crippen LogP contribution in [0, 0.1) is 5.82 Å². The van der Waals surface area contributed by atoms with E-state index in [4.69, 9.17) is 11.6 Å². The number of anilines is 1. The minimum absolute atomic E-state index is 0.0638. The Bertz CT molecular complexity index is 705. The van der Waals surface area contributed by atoms with Gasteiger partial charge in [0.2, 0.25) is 0 Å². The molecule has 0 atom stereocenters. The summed E-state index contributed by atoms with van der Waals surface area (Å²) in [4.78, 5) is 12.0. The van der Waals surface area contributed by atoms with Crippen molar-refractivity contribution < 1.29 is 4.39 Å². The monoisotopic (exact) mass is 373 g/mol. The molecule has 0 saturated heterocycles. The molecule has 0 bridgehead atoms. The first-order valence-electron chi connectivity index (χ1n) is 6.46. The molecule has 1 aromatic heterocycles. The van der Waals surface area contributed by atoms with E-state index < -0.39 is 0 Å². The number of aryl methyl sites for hydroxylation is 1. The fraction of sp³-hybridized carbons (Fsp3) is 0.286. The third kappa shape index (κ3) is 3.83. The number of nitrogens with zero attached hydrogens (tertiary/aromatic N) is 2. The van der Waals surface area contributed by atoms with Gasteiger partial charge in [0, 0.05) is 23.1 Å². The number of aromatic nitrogens is 2. The Morgan fingerprint density at radius 3 is 2.95 bits per heavy atom. The first kappa shape index (κ1) is 16.0. The zero-order valence-corrected chi connectivity index (χ0v) is 13.7. The molecule has 0 unspecified atom stereocenters. The third-order valence-corrected chi connectivity index (χ3v) is 3.76.